The van der Waals surface area contributed by atoms with Gasteiger partial charge in [-0.2, -0.15) is 0 Å². The minimum atomic E-state index is 1.02. The first-order chi connectivity index (χ1) is 9.60. The van der Waals surface area contributed by atoms with Gasteiger partial charge in [0.15, 0.2) is 0 Å². The predicted octanol–water partition coefficient (Wildman–Crippen LogP) is 7.20. The lowest BCUT2D eigenvalue weighted by Gasteiger charge is -1.79. The summed E-state index contributed by atoms with van der Waals surface area (Å²) in [5.41, 5.74) is 1.02. The summed E-state index contributed by atoms with van der Waals surface area (Å²) in [6, 6.07) is 0. The lowest BCUT2D eigenvalue weighted by molar-refractivity contribution is 0.772. The topological polar surface area (TPSA) is 0 Å². The maximum Gasteiger partial charge on any atom is -0.0163 e. The average Bonchev–Trinajstić information content (AvgIpc) is 3.01. The van der Waals surface area contributed by atoms with Gasteiger partial charge in [0.25, 0.3) is 0 Å². The van der Waals surface area contributed by atoms with Crippen LogP contribution >= 0.6 is 0 Å². The van der Waals surface area contributed by atoms with Gasteiger partial charge in [0.2, 0.25) is 0 Å². The Morgan fingerprint density at radius 2 is 1.55 bits per heavy atom. The molecule has 0 heteroatoms. The second-order valence-corrected chi connectivity index (χ2v) is 4.26. The van der Waals surface area contributed by atoms with Gasteiger partial charge in [0.05, 0.1) is 0 Å². The Morgan fingerprint density at radius 3 is 1.60 bits per heavy atom. The molecule has 0 radical (unpaired) electrons. The molecule has 0 aromatic heterocycles. The minimum Gasteiger partial charge on any atom is -0.0991 e. The van der Waals surface area contributed by atoms with Crippen molar-refractivity contribution in [2.45, 2.75) is 53.4 Å². The van der Waals surface area contributed by atoms with Crippen LogP contribution in [0, 0.1) is 0 Å². The SMILES string of the molecule is C1=CCC=C1.C=CC(=C)C.C=CC=CC.CCCCC. The van der Waals surface area contributed by atoms with Crippen LogP contribution in [0.5, 0.6) is 0 Å². The summed E-state index contributed by atoms with van der Waals surface area (Å²) in [6.07, 6.45) is 20.9. The van der Waals surface area contributed by atoms with Crippen molar-refractivity contribution in [2.75, 3.05) is 0 Å². The fraction of sp³-hybridized carbons (Fsp3) is 0.400. The molecule has 0 spiro atoms. The highest BCUT2D eigenvalue weighted by atomic mass is 13.8. The molecule has 0 unspecified atom stereocenters. The molecule has 1 rings (SSSR count). The van der Waals surface area contributed by atoms with Crippen molar-refractivity contribution >= 4 is 0 Å². The fourth-order valence-corrected chi connectivity index (χ4v) is 0.882. The van der Waals surface area contributed by atoms with Crippen LogP contribution in [0.2, 0.25) is 0 Å². The van der Waals surface area contributed by atoms with Crippen LogP contribution in [0.25, 0.3) is 0 Å². The molecule has 20 heavy (non-hydrogen) atoms. The molecule has 0 saturated carbocycles. The second kappa shape index (κ2) is 26.1. The van der Waals surface area contributed by atoms with Gasteiger partial charge in [-0.05, 0) is 20.3 Å². The number of hydrogen-bond donors (Lipinski definition) is 0. The molecule has 0 amide bonds. The number of allylic oxidation sites excluding steroid dienone is 9. The van der Waals surface area contributed by atoms with Crippen LogP contribution in [0.3, 0.4) is 0 Å². The van der Waals surface area contributed by atoms with Gasteiger partial charge in [-0.1, -0.05) is 107 Å². The number of unbranched alkanes of at least 4 members (excludes halogenated alkanes) is 2. The van der Waals surface area contributed by atoms with Crippen molar-refractivity contribution in [2.24, 2.45) is 0 Å². The summed E-state index contributed by atoms with van der Waals surface area (Å²) in [7, 11) is 0. The number of hydrogen-bond acceptors (Lipinski definition) is 0. The van der Waals surface area contributed by atoms with Crippen LogP contribution in [0.1, 0.15) is 53.4 Å². The van der Waals surface area contributed by atoms with E-state index in [0.29, 0.717) is 0 Å². The van der Waals surface area contributed by atoms with E-state index < -0.39 is 0 Å². The predicted molar refractivity (Wildman–Crippen MR) is 98.1 cm³/mol. The fourth-order valence-electron chi connectivity index (χ4n) is 0.882. The lowest BCUT2D eigenvalue weighted by Crippen LogP contribution is -1.59. The first-order valence-corrected chi connectivity index (χ1v) is 7.43. The van der Waals surface area contributed by atoms with Crippen molar-refractivity contribution in [3.8, 4) is 0 Å². The quantitative estimate of drug-likeness (QED) is 0.476. The van der Waals surface area contributed by atoms with E-state index in [1.54, 1.807) is 12.2 Å². The van der Waals surface area contributed by atoms with Gasteiger partial charge in [0.1, 0.15) is 0 Å². The Bertz CT molecular complexity index is 272. The van der Waals surface area contributed by atoms with Gasteiger partial charge in [-0.25, -0.2) is 0 Å². The van der Waals surface area contributed by atoms with E-state index in [-0.39, 0.29) is 0 Å². The van der Waals surface area contributed by atoms with Crippen LogP contribution in [0.4, 0.5) is 0 Å². The summed E-state index contributed by atoms with van der Waals surface area (Å²) in [6.45, 7) is 18.8. The molecular formula is C20H34. The first-order valence-electron chi connectivity index (χ1n) is 7.43. The van der Waals surface area contributed by atoms with Gasteiger partial charge >= 0.3 is 0 Å². The molecule has 0 bridgehead atoms. The van der Waals surface area contributed by atoms with Gasteiger partial charge in [-0.3, -0.25) is 0 Å². The largest absolute Gasteiger partial charge is 0.0991 e. The van der Waals surface area contributed by atoms with E-state index in [1.165, 1.54) is 19.3 Å². The normalized spacial score (nSPS) is 10.4. The molecular weight excluding hydrogens is 240 g/mol. The van der Waals surface area contributed by atoms with E-state index in [4.69, 9.17) is 0 Å². The summed E-state index contributed by atoms with van der Waals surface area (Å²) in [5, 5.41) is 0. The van der Waals surface area contributed by atoms with Crippen LogP contribution < -0.4 is 0 Å². The molecule has 114 valence electrons. The van der Waals surface area contributed by atoms with Crippen LogP contribution in [0.15, 0.2) is 73.9 Å². The van der Waals surface area contributed by atoms with Gasteiger partial charge in [-0.15, -0.1) is 0 Å². The minimum absolute atomic E-state index is 1.02. The monoisotopic (exact) mass is 274 g/mol. The summed E-state index contributed by atoms with van der Waals surface area (Å²) >= 11 is 0. The Morgan fingerprint density at radius 1 is 1.10 bits per heavy atom. The van der Waals surface area contributed by atoms with E-state index >= 15 is 0 Å². The summed E-state index contributed by atoms with van der Waals surface area (Å²) in [5.74, 6) is 0. The Kier molecular flexibility index (Phi) is 30.7. The summed E-state index contributed by atoms with van der Waals surface area (Å²) in [4.78, 5) is 0. The molecule has 0 atom stereocenters. The lowest BCUT2D eigenvalue weighted by atomic mass is 10.3. The highest BCUT2D eigenvalue weighted by molar-refractivity contribution is 5.12. The molecule has 0 aromatic carbocycles. The Balaban J connectivity index is -0.000000193. The molecule has 0 saturated heterocycles. The van der Waals surface area contributed by atoms with Crippen LogP contribution in [-0.2, 0) is 0 Å². The zero-order valence-electron chi connectivity index (χ0n) is 14.1. The van der Waals surface area contributed by atoms with Crippen molar-refractivity contribution in [1.29, 1.82) is 0 Å². The van der Waals surface area contributed by atoms with Crippen LogP contribution in [-0.4, -0.2) is 0 Å². The number of rotatable bonds is 4. The molecule has 0 N–H and O–H groups in total. The zero-order chi connectivity index (χ0) is 16.1. The highest BCUT2D eigenvalue weighted by Gasteiger charge is 1.72. The molecule has 1 aliphatic rings. The third-order valence-electron chi connectivity index (χ3n) is 2.04. The maximum atomic E-state index is 3.56. The molecule has 0 fully saturated rings. The van der Waals surface area contributed by atoms with Crippen molar-refractivity contribution in [3.63, 3.8) is 0 Å². The van der Waals surface area contributed by atoms with Gasteiger partial charge < -0.3 is 0 Å². The smallest absolute Gasteiger partial charge is 0.0163 e. The zero-order valence-corrected chi connectivity index (χ0v) is 14.1. The van der Waals surface area contributed by atoms with Crippen molar-refractivity contribution < 1.29 is 0 Å². The third-order valence-corrected chi connectivity index (χ3v) is 2.04. The summed E-state index contributed by atoms with van der Waals surface area (Å²) < 4.78 is 0. The van der Waals surface area contributed by atoms with Crippen molar-refractivity contribution in [3.05, 3.63) is 73.9 Å². The van der Waals surface area contributed by atoms with E-state index in [9.17, 15) is 0 Å². The molecule has 1 aliphatic carbocycles. The van der Waals surface area contributed by atoms with E-state index in [0.717, 1.165) is 12.0 Å². The average molecular weight is 274 g/mol. The molecule has 0 heterocycles. The first kappa shape index (κ1) is 23.5. The maximum absolute atomic E-state index is 3.56. The van der Waals surface area contributed by atoms with E-state index in [1.807, 2.05) is 26.0 Å². The van der Waals surface area contributed by atoms with Crippen molar-refractivity contribution in [1.82, 2.24) is 0 Å². The second-order valence-electron chi connectivity index (χ2n) is 4.26. The van der Waals surface area contributed by atoms with Gasteiger partial charge in [0, 0.05) is 0 Å². The standard InChI is InChI=1S/C5H6.C5H8.C5H12.C5H8/c1-2-4-5-3-1;1-4-5(2)3;2*1-3-5-4-2/h1-4H,5H2;4H,1-2H2,3H3;3-5H2,1-2H3;3-5H,1H2,2H3. The Labute approximate surface area is 128 Å². The molecule has 0 nitrogen and oxygen atoms in total. The highest BCUT2D eigenvalue weighted by Crippen LogP contribution is 1.93. The molecule has 0 aromatic rings. The molecule has 0 aliphatic heterocycles. The third kappa shape index (κ3) is 44.0. The van der Waals surface area contributed by atoms with E-state index in [2.05, 4.69) is 57.9 Å². The Hall–Kier alpha value is -1.56.